The molecule has 8 nitrogen and oxygen atoms in total. The first-order valence-corrected chi connectivity index (χ1v) is 9.63. The number of nitrogens with zero attached hydrogens (tertiary/aromatic N) is 4. The lowest BCUT2D eigenvalue weighted by Gasteiger charge is -2.13. The second-order valence-corrected chi connectivity index (χ2v) is 6.99. The Morgan fingerprint density at radius 3 is 2.58 bits per heavy atom. The van der Waals surface area contributed by atoms with Crippen LogP contribution in [0.4, 0.5) is 4.39 Å². The van der Waals surface area contributed by atoms with Crippen molar-refractivity contribution < 1.29 is 19.0 Å². The second-order valence-electron chi connectivity index (χ2n) is 6.99. The molecule has 2 heterocycles. The van der Waals surface area contributed by atoms with Gasteiger partial charge in [0, 0.05) is 0 Å². The average Bonchev–Trinajstić information content (AvgIpc) is 3.21. The predicted molar refractivity (Wildman–Crippen MR) is 112 cm³/mol. The highest BCUT2D eigenvalue weighted by Crippen LogP contribution is 2.14. The second kappa shape index (κ2) is 9.07. The van der Waals surface area contributed by atoms with Crippen LogP contribution < -0.4 is 10.3 Å². The number of hydrogen-bond donors (Lipinski definition) is 1. The first-order chi connectivity index (χ1) is 15.0. The maximum absolute atomic E-state index is 13.2. The summed E-state index contributed by atoms with van der Waals surface area (Å²) in [7, 11) is 1.60. The number of fused-ring (bicyclic) bond motifs is 1. The van der Waals surface area contributed by atoms with Crippen LogP contribution in [0.15, 0.2) is 65.8 Å². The van der Waals surface area contributed by atoms with Crippen LogP contribution in [0, 0.1) is 5.82 Å². The van der Waals surface area contributed by atoms with Gasteiger partial charge in [0.15, 0.2) is 5.65 Å². The number of methoxy groups -OCH3 is 1. The first-order valence-electron chi connectivity index (χ1n) is 9.63. The molecule has 0 bridgehead atoms. The molecule has 0 unspecified atom stereocenters. The summed E-state index contributed by atoms with van der Waals surface area (Å²) in [5.74, 6) is 0.396. The molecule has 160 valence electrons. The van der Waals surface area contributed by atoms with Gasteiger partial charge in [-0.05, 0) is 42.0 Å². The van der Waals surface area contributed by atoms with E-state index in [0.717, 1.165) is 11.3 Å². The van der Waals surface area contributed by atoms with E-state index in [9.17, 15) is 14.3 Å². The molecule has 9 heteroatoms. The minimum Gasteiger partial charge on any atom is -0.497 e. The van der Waals surface area contributed by atoms with E-state index in [0.29, 0.717) is 23.3 Å². The summed E-state index contributed by atoms with van der Waals surface area (Å²) in [6.07, 6.45) is 1.89. The van der Waals surface area contributed by atoms with Gasteiger partial charge in [0.1, 0.15) is 23.3 Å². The Bertz CT molecular complexity index is 1220. The summed E-state index contributed by atoms with van der Waals surface area (Å²) in [5, 5.41) is 14.8. The highest BCUT2D eigenvalue weighted by Gasteiger charge is 2.14. The summed E-state index contributed by atoms with van der Waals surface area (Å²) >= 11 is 0. The van der Waals surface area contributed by atoms with E-state index in [4.69, 9.17) is 9.47 Å². The minimum atomic E-state index is -0.887. The van der Waals surface area contributed by atoms with Crippen LogP contribution in [-0.2, 0) is 17.9 Å². The number of rotatable bonds is 8. The van der Waals surface area contributed by atoms with Gasteiger partial charge in [-0.3, -0.25) is 9.36 Å². The van der Waals surface area contributed by atoms with Crippen LogP contribution in [0.25, 0.3) is 16.7 Å². The largest absolute Gasteiger partial charge is 0.497 e. The molecule has 2 aromatic heterocycles. The smallest absolute Gasteiger partial charge is 0.264 e. The van der Waals surface area contributed by atoms with Gasteiger partial charge >= 0.3 is 0 Å². The Morgan fingerprint density at radius 1 is 1.13 bits per heavy atom. The molecule has 0 saturated carbocycles. The topological polar surface area (TPSA) is 91.4 Å². The molecule has 0 saturated heterocycles. The van der Waals surface area contributed by atoms with Gasteiger partial charge < -0.3 is 14.6 Å². The molecule has 4 rings (SSSR count). The summed E-state index contributed by atoms with van der Waals surface area (Å²) in [6.45, 7) is 0.426. The van der Waals surface area contributed by atoms with Gasteiger partial charge in [-0.15, -0.1) is 0 Å². The van der Waals surface area contributed by atoms with Crippen molar-refractivity contribution in [1.29, 1.82) is 0 Å². The summed E-state index contributed by atoms with van der Waals surface area (Å²) < 4.78 is 26.6. The number of hydrogen-bond acceptors (Lipinski definition) is 6. The van der Waals surface area contributed by atoms with E-state index in [2.05, 4.69) is 10.1 Å². The van der Waals surface area contributed by atoms with Crippen molar-refractivity contribution in [2.24, 2.45) is 0 Å². The minimum absolute atomic E-state index is 0.0338. The zero-order chi connectivity index (χ0) is 21.8. The van der Waals surface area contributed by atoms with Gasteiger partial charge in [-0.2, -0.15) is 5.10 Å². The van der Waals surface area contributed by atoms with Crippen molar-refractivity contribution in [2.45, 2.75) is 19.3 Å². The lowest BCUT2D eigenvalue weighted by Crippen LogP contribution is -2.29. The van der Waals surface area contributed by atoms with E-state index in [1.54, 1.807) is 19.2 Å². The standard InChI is InChI=1S/C22H21FN4O4/c1-30-19-8-2-15(3-9-19)12-31-13-18(28)11-26-14-24-21-20(22(26)29)10-25-27(21)17-6-4-16(23)5-7-17/h2-10,14,18,28H,11-13H2,1H3/t18-/m1/s1. The monoisotopic (exact) mass is 424 g/mol. The van der Waals surface area contributed by atoms with E-state index < -0.39 is 6.10 Å². The molecule has 31 heavy (non-hydrogen) atoms. The molecule has 1 atom stereocenters. The predicted octanol–water partition coefficient (Wildman–Crippen LogP) is 2.31. The number of benzene rings is 2. The molecule has 0 spiro atoms. The SMILES string of the molecule is COc1ccc(COC[C@H](O)Cn2cnc3c(cnn3-c3ccc(F)cc3)c2=O)cc1. The average molecular weight is 424 g/mol. The third-order valence-electron chi connectivity index (χ3n) is 4.77. The molecule has 0 fully saturated rings. The lowest BCUT2D eigenvalue weighted by molar-refractivity contribution is 0.0198. The molecule has 0 radical (unpaired) electrons. The summed E-state index contributed by atoms with van der Waals surface area (Å²) in [4.78, 5) is 17.1. The quantitative estimate of drug-likeness (QED) is 0.467. The van der Waals surface area contributed by atoms with Gasteiger partial charge in [-0.1, -0.05) is 12.1 Å². The number of halogens is 1. The normalized spacial score (nSPS) is 12.2. The summed E-state index contributed by atoms with van der Waals surface area (Å²) in [5.41, 5.74) is 1.57. The lowest BCUT2D eigenvalue weighted by atomic mass is 10.2. The van der Waals surface area contributed by atoms with E-state index >= 15 is 0 Å². The van der Waals surface area contributed by atoms with E-state index in [1.807, 2.05) is 24.3 Å². The fraction of sp³-hybridized carbons (Fsp3) is 0.227. The zero-order valence-corrected chi connectivity index (χ0v) is 16.8. The third-order valence-corrected chi connectivity index (χ3v) is 4.77. The van der Waals surface area contributed by atoms with Crippen molar-refractivity contribution >= 4 is 11.0 Å². The molecular weight excluding hydrogens is 403 g/mol. The van der Waals surface area contributed by atoms with Crippen LogP contribution in [0.2, 0.25) is 0 Å². The van der Waals surface area contributed by atoms with Crippen LogP contribution >= 0.6 is 0 Å². The molecule has 2 aromatic carbocycles. The Morgan fingerprint density at radius 2 is 1.87 bits per heavy atom. The number of ether oxygens (including phenoxy) is 2. The van der Waals surface area contributed by atoms with Crippen molar-refractivity contribution in [1.82, 2.24) is 19.3 Å². The maximum Gasteiger partial charge on any atom is 0.264 e. The van der Waals surface area contributed by atoms with Gasteiger partial charge in [0.25, 0.3) is 5.56 Å². The fourth-order valence-corrected chi connectivity index (χ4v) is 3.16. The summed E-state index contributed by atoms with van der Waals surface area (Å²) in [6, 6.07) is 13.2. The molecular formula is C22H21FN4O4. The fourth-order valence-electron chi connectivity index (χ4n) is 3.16. The number of aliphatic hydroxyl groups is 1. The van der Waals surface area contributed by atoms with Crippen LogP contribution in [0.3, 0.4) is 0 Å². The van der Waals surface area contributed by atoms with Crippen LogP contribution in [0.1, 0.15) is 5.56 Å². The molecule has 0 aliphatic rings. The van der Waals surface area contributed by atoms with Crippen LogP contribution in [-0.4, -0.2) is 44.3 Å². The van der Waals surface area contributed by atoms with E-state index in [-0.39, 0.29) is 24.5 Å². The molecule has 4 aromatic rings. The Labute approximate surface area is 177 Å². The first kappa shape index (κ1) is 20.7. The maximum atomic E-state index is 13.2. The van der Waals surface area contributed by atoms with Crippen molar-refractivity contribution in [3.63, 3.8) is 0 Å². The number of aromatic nitrogens is 4. The Kier molecular flexibility index (Phi) is 6.06. The third kappa shape index (κ3) is 4.62. The molecule has 0 amide bonds. The van der Waals surface area contributed by atoms with E-state index in [1.165, 1.54) is 33.9 Å². The van der Waals surface area contributed by atoms with Gasteiger partial charge in [-0.25, -0.2) is 14.1 Å². The van der Waals surface area contributed by atoms with Gasteiger partial charge in [0.05, 0.1) is 44.9 Å². The Balaban J connectivity index is 1.41. The Hall–Kier alpha value is -3.56. The van der Waals surface area contributed by atoms with Crippen molar-refractivity contribution in [2.75, 3.05) is 13.7 Å². The number of aliphatic hydroxyl groups excluding tert-OH is 1. The van der Waals surface area contributed by atoms with Gasteiger partial charge in [0.2, 0.25) is 0 Å². The van der Waals surface area contributed by atoms with Crippen molar-refractivity contribution in [3.05, 3.63) is 82.8 Å². The molecule has 1 N–H and O–H groups in total. The molecule has 0 aliphatic heterocycles. The molecule has 0 aliphatic carbocycles. The van der Waals surface area contributed by atoms with Crippen molar-refractivity contribution in [3.8, 4) is 11.4 Å². The van der Waals surface area contributed by atoms with Crippen LogP contribution in [0.5, 0.6) is 5.75 Å². The highest BCUT2D eigenvalue weighted by molar-refractivity contribution is 5.74. The highest BCUT2D eigenvalue weighted by atomic mass is 19.1. The zero-order valence-electron chi connectivity index (χ0n) is 16.8.